The van der Waals surface area contributed by atoms with Gasteiger partial charge in [-0.2, -0.15) is 0 Å². The second kappa shape index (κ2) is 5.14. The Morgan fingerprint density at radius 2 is 2.26 bits per heavy atom. The molecule has 0 aliphatic heterocycles. The molecule has 98 valence electrons. The predicted molar refractivity (Wildman–Crippen MR) is 82.8 cm³/mol. The Bertz CT molecular complexity index is 628. The van der Waals surface area contributed by atoms with Gasteiger partial charge in [0.25, 0.3) is 0 Å². The molecule has 0 spiro atoms. The standard InChI is InChI=1S/C15H14BrClN2/c1-9-7-10(8-18-15(9)17)19-14-6-5-11-12(14)3-2-4-13(11)16/h2-4,7-8,14,19H,5-6H2,1H3. The van der Waals surface area contributed by atoms with E-state index in [4.69, 9.17) is 11.6 Å². The Morgan fingerprint density at radius 1 is 1.42 bits per heavy atom. The van der Waals surface area contributed by atoms with Gasteiger partial charge in [-0.25, -0.2) is 4.98 Å². The maximum Gasteiger partial charge on any atom is 0.132 e. The van der Waals surface area contributed by atoms with E-state index < -0.39 is 0 Å². The van der Waals surface area contributed by atoms with Crippen LogP contribution in [-0.4, -0.2) is 4.98 Å². The molecular formula is C15H14BrClN2. The molecule has 19 heavy (non-hydrogen) atoms. The highest BCUT2D eigenvalue weighted by Crippen LogP contribution is 2.37. The summed E-state index contributed by atoms with van der Waals surface area (Å²) in [6.07, 6.45) is 4.01. The lowest BCUT2D eigenvalue weighted by atomic mass is 10.1. The first-order valence-electron chi connectivity index (χ1n) is 6.31. The molecule has 0 saturated carbocycles. The Balaban J connectivity index is 1.86. The third-order valence-corrected chi connectivity index (χ3v) is 4.71. The van der Waals surface area contributed by atoms with E-state index >= 15 is 0 Å². The van der Waals surface area contributed by atoms with Crippen LogP contribution in [0.5, 0.6) is 0 Å². The third-order valence-electron chi connectivity index (χ3n) is 3.57. The number of aromatic nitrogens is 1. The summed E-state index contributed by atoms with van der Waals surface area (Å²) in [5.74, 6) is 0. The van der Waals surface area contributed by atoms with Crippen molar-refractivity contribution in [3.8, 4) is 0 Å². The second-order valence-electron chi connectivity index (χ2n) is 4.87. The first-order chi connectivity index (χ1) is 9.15. The van der Waals surface area contributed by atoms with E-state index in [9.17, 15) is 0 Å². The summed E-state index contributed by atoms with van der Waals surface area (Å²) in [5.41, 5.74) is 4.82. The van der Waals surface area contributed by atoms with Crippen molar-refractivity contribution in [2.24, 2.45) is 0 Å². The average Bonchev–Trinajstić information content (AvgIpc) is 2.79. The van der Waals surface area contributed by atoms with Crippen molar-refractivity contribution in [1.29, 1.82) is 0 Å². The third kappa shape index (κ3) is 2.49. The van der Waals surface area contributed by atoms with Crippen molar-refractivity contribution in [2.75, 3.05) is 5.32 Å². The number of hydrogen-bond donors (Lipinski definition) is 1. The molecule has 4 heteroatoms. The zero-order valence-electron chi connectivity index (χ0n) is 10.6. The van der Waals surface area contributed by atoms with Crippen molar-refractivity contribution in [2.45, 2.75) is 25.8 Å². The fraction of sp³-hybridized carbons (Fsp3) is 0.267. The maximum atomic E-state index is 5.95. The lowest BCUT2D eigenvalue weighted by molar-refractivity contribution is 0.761. The number of halogens is 2. The number of hydrogen-bond acceptors (Lipinski definition) is 2. The molecule has 1 N–H and O–H groups in total. The van der Waals surface area contributed by atoms with Crippen LogP contribution in [0.2, 0.25) is 5.15 Å². The largest absolute Gasteiger partial charge is 0.377 e. The first kappa shape index (κ1) is 12.9. The molecule has 0 bridgehead atoms. The number of nitrogens with zero attached hydrogens (tertiary/aromatic N) is 1. The van der Waals surface area contributed by atoms with Gasteiger partial charge in [0, 0.05) is 4.47 Å². The predicted octanol–water partition coefficient (Wildman–Crippen LogP) is 4.91. The molecule has 2 aromatic rings. The van der Waals surface area contributed by atoms with Gasteiger partial charge in [0.1, 0.15) is 5.15 Å². The van der Waals surface area contributed by atoms with E-state index in [1.54, 1.807) is 6.20 Å². The summed E-state index contributed by atoms with van der Waals surface area (Å²) < 4.78 is 1.21. The SMILES string of the molecule is Cc1cc(NC2CCc3c(Br)cccc32)cnc1Cl. The number of pyridine rings is 1. The second-order valence-corrected chi connectivity index (χ2v) is 6.09. The van der Waals surface area contributed by atoms with Gasteiger partial charge in [-0.3, -0.25) is 0 Å². The zero-order chi connectivity index (χ0) is 13.4. The van der Waals surface area contributed by atoms with Crippen LogP contribution in [0.4, 0.5) is 5.69 Å². The van der Waals surface area contributed by atoms with Gasteiger partial charge in [0.2, 0.25) is 0 Å². The molecule has 1 heterocycles. The maximum absolute atomic E-state index is 5.95. The number of rotatable bonds is 2. The fourth-order valence-electron chi connectivity index (χ4n) is 2.60. The topological polar surface area (TPSA) is 24.9 Å². The quantitative estimate of drug-likeness (QED) is 0.788. The van der Waals surface area contributed by atoms with Crippen LogP contribution < -0.4 is 5.32 Å². The Labute approximate surface area is 126 Å². The van der Waals surface area contributed by atoms with Crippen LogP contribution in [0.25, 0.3) is 0 Å². The van der Waals surface area contributed by atoms with Crippen LogP contribution in [0, 0.1) is 6.92 Å². The zero-order valence-corrected chi connectivity index (χ0v) is 12.9. The van der Waals surface area contributed by atoms with Gasteiger partial charge in [-0.05, 0) is 48.6 Å². The normalized spacial score (nSPS) is 17.3. The fourth-order valence-corrected chi connectivity index (χ4v) is 3.28. The smallest absolute Gasteiger partial charge is 0.132 e. The van der Waals surface area contributed by atoms with Crippen molar-refractivity contribution < 1.29 is 0 Å². The molecule has 1 atom stereocenters. The van der Waals surface area contributed by atoms with Crippen LogP contribution in [-0.2, 0) is 6.42 Å². The minimum Gasteiger partial charge on any atom is -0.377 e. The van der Waals surface area contributed by atoms with Gasteiger partial charge in [-0.15, -0.1) is 0 Å². The van der Waals surface area contributed by atoms with Gasteiger partial charge in [-0.1, -0.05) is 39.7 Å². The summed E-state index contributed by atoms with van der Waals surface area (Å²) >= 11 is 9.58. The van der Waals surface area contributed by atoms with Crippen molar-refractivity contribution in [3.05, 3.63) is 56.8 Å². The molecule has 0 fully saturated rings. The summed E-state index contributed by atoms with van der Waals surface area (Å²) in [5, 5.41) is 4.12. The molecular weight excluding hydrogens is 324 g/mol. The van der Waals surface area contributed by atoms with Crippen molar-refractivity contribution >= 4 is 33.2 Å². The summed E-state index contributed by atoms with van der Waals surface area (Å²) in [6, 6.07) is 8.80. The summed E-state index contributed by atoms with van der Waals surface area (Å²) in [6.45, 7) is 1.97. The summed E-state index contributed by atoms with van der Waals surface area (Å²) in [7, 11) is 0. The van der Waals surface area contributed by atoms with Crippen LogP contribution >= 0.6 is 27.5 Å². The minimum absolute atomic E-state index is 0.356. The highest BCUT2D eigenvalue weighted by atomic mass is 79.9. The molecule has 1 aliphatic rings. The van der Waals surface area contributed by atoms with Crippen molar-refractivity contribution in [1.82, 2.24) is 4.98 Å². The lowest BCUT2D eigenvalue weighted by Crippen LogP contribution is -2.07. The van der Waals surface area contributed by atoms with E-state index in [2.05, 4.69) is 44.4 Å². The van der Waals surface area contributed by atoms with Gasteiger partial charge in [0.15, 0.2) is 0 Å². The molecule has 1 aromatic heterocycles. The van der Waals surface area contributed by atoms with Crippen LogP contribution in [0.15, 0.2) is 34.9 Å². The number of fused-ring (bicyclic) bond motifs is 1. The molecule has 0 saturated heterocycles. The first-order valence-corrected chi connectivity index (χ1v) is 7.48. The van der Waals surface area contributed by atoms with E-state index in [1.807, 2.05) is 13.0 Å². The molecule has 0 radical (unpaired) electrons. The molecule has 1 aliphatic carbocycles. The highest BCUT2D eigenvalue weighted by Gasteiger charge is 2.23. The number of anilines is 1. The van der Waals surface area contributed by atoms with Gasteiger partial charge >= 0.3 is 0 Å². The Hall–Kier alpha value is -1.06. The van der Waals surface area contributed by atoms with E-state index in [0.29, 0.717) is 11.2 Å². The van der Waals surface area contributed by atoms with Crippen LogP contribution in [0.3, 0.4) is 0 Å². The van der Waals surface area contributed by atoms with Gasteiger partial charge in [0.05, 0.1) is 17.9 Å². The molecule has 1 aromatic carbocycles. The monoisotopic (exact) mass is 336 g/mol. The van der Waals surface area contributed by atoms with Crippen LogP contribution in [0.1, 0.15) is 29.2 Å². The van der Waals surface area contributed by atoms with E-state index in [-0.39, 0.29) is 0 Å². The Morgan fingerprint density at radius 3 is 3.05 bits per heavy atom. The number of nitrogens with one attached hydrogen (secondary N) is 1. The minimum atomic E-state index is 0.356. The highest BCUT2D eigenvalue weighted by molar-refractivity contribution is 9.10. The number of benzene rings is 1. The summed E-state index contributed by atoms with van der Waals surface area (Å²) in [4.78, 5) is 4.19. The molecule has 0 amide bonds. The van der Waals surface area contributed by atoms with E-state index in [1.165, 1.54) is 15.6 Å². The average molecular weight is 338 g/mol. The molecule has 1 unspecified atom stereocenters. The van der Waals surface area contributed by atoms with Gasteiger partial charge < -0.3 is 5.32 Å². The lowest BCUT2D eigenvalue weighted by Gasteiger charge is -2.16. The number of aryl methyl sites for hydroxylation is 1. The van der Waals surface area contributed by atoms with Crippen molar-refractivity contribution in [3.63, 3.8) is 0 Å². The van der Waals surface area contributed by atoms with E-state index in [0.717, 1.165) is 24.1 Å². The molecule has 2 nitrogen and oxygen atoms in total. The molecule has 3 rings (SSSR count). The Kier molecular flexibility index (Phi) is 3.50.